The van der Waals surface area contributed by atoms with Crippen molar-refractivity contribution in [2.24, 2.45) is 0 Å². The van der Waals surface area contributed by atoms with Crippen molar-refractivity contribution in [3.05, 3.63) is 71.5 Å². The fourth-order valence-corrected chi connectivity index (χ4v) is 3.04. The minimum absolute atomic E-state index is 0.223. The maximum atomic E-state index is 13.0. The number of hydrogen-bond acceptors (Lipinski definition) is 2. The van der Waals surface area contributed by atoms with Gasteiger partial charge in [0.15, 0.2) is 0 Å². The zero-order valence-corrected chi connectivity index (χ0v) is 13.2. The van der Waals surface area contributed by atoms with E-state index < -0.39 is 0 Å². The molecule has 0 saturated carbocycles. The van der Waals surface area contributed by atoms with Gasteiger partial charge in [-0.15, -0.1) is 0 Å². The van der Waals surface area contributed by atoms with Gasteiger partial charge in [0.05, 0.1) is 0 Å². The van der Waals surface area contributed by atoms with Gasteiger partial charge in [-0.1, -0.05) is 42.5 Å². The molecule has 1 saturated heterocycles. The zero-order valence-electron chi connectivity index (χ0n) is 12.4. The molecular formula is C18H19FN2S. The first kappa shape index (κ1) is 15.1. The van der Waals surface area contributed by atoms with E-state index in [1.54, 1.807) is 12.1 Å². The summed E-state index contributed by atoms with van der Waals surface area (Å²) in [5.41, 5.74) is 2.27. The minimum Gasteiger partial charge on any atom is -0.360 e. The quantitative estimate of drug-likeness (QED) is 0.803. The van der Waals surface area contributed by atoms with Crippen molar-refractivity contribution in [3.8, 4) is 0 Å². The van der Waals surface area contributed by atoms with Crippen LogP contribution in [0.4, 0.5) is 4.39 Å². The molecule has 1 aliphatic heterocycles. The van der Waals surface area contributed by atoms with Crippen molar-refractivity contribution in [2.45, 2.75) is 6.54 Å². The molecule has 0 N–H and O–H groups in total. The van der Waals surface area contributed by atoms with Crippen LogP contribution in [0.1, 0.15) is 11.1 Å². The molecule has 2 aromatic rings. The van der Waals surface area contributed by atoms with Crippen molar-refractivity contribution < 1.29 is 4.39 Å². The number of thiocarbonyl (C=S) groups is 1. The van der Waals surface area contributed by atoms with Gasteiger partial charge in [0.25, 0.3) is 0 Å². The van der Waals surface area contributed by atoms with Gasteiger partial charge in [-0.2, -0.15) is 0 Å². The summed E-state index contributed by atoms with van der Waals surface area (Å²) >= 11 is 5.54. The first-order valence-electron chi connectivity index (χ1n) is 7.53. The number of nitrogens with zero attached hydrogens (tertiary/aromatic N) is 2. The molecule has 1 fully saturated rings. The number of benzene rings is 2. The smallest absolute Gasteiger partial charge is 0.123 e. The highest BCUT2D eigenvalue weighted by atomic mass is 32.1. The zero-order chi connectivity index (χ0) is 15.4. The Balaban J connectivity index is 1.55. The second-order valence-corrected chi connectivity index (χ2v) is 5.95. The lowest BCUT2D eigenvalue weighted by Gasteiger charge is -2.36. The Hall–Kier alpha value is -1.78. The van der Waals surface area contributed by atoms with Gasteiger partial charge in [-0.25, -0.2) is 4.39 Å². The van der Waals surface area contributed by atoms with Crippen LogP contribution in [-0.4, -0.2) is 41.0 Å². The first-order chi connectivity index (χ1) is 10.7. The second-order valence-electron chi connectivity index (χ2n) is 5.56. The van der Waals surface area contributed by atoms with Crippen LogP contribution in [-0.2, 0) is 6.54 Å². The average molecular weight is 314 g/mol. The molecule has 22 heavy (non-hydrogen) atoms. The Morgan fingerprint density at radius 1 is 0.909 bits per heavy atom. The van der Waals surface area contributed by atoms with Crippen LogP contribution in [0.15, 0.2) is 54.6 Å². The van der Waals surface area contributed by atoms with Gasteiger partial charge in [-0.05, 0) is 29.8 Å². The van der Waals surface area contributed by atoms with Crippen LogP contribution >= 0.6 is 12.2 Å². The molecule has 2 aromatic carbocycles. The summed E-state index contributed by atoms with van der Waals surface area (Å²) in [6.07, 6.45) is 0. The summed E-state index contributed by atoms with van der Waals surface area (Å²) in [5.74, 6) is -0.223. The maximum absolute atomic E-state index is 13.0. The Morgan fingerprint density at radius 2 is 1.55 bits per heavy atom. The molecule has 2 nitrogen and oxygen atoms in total. The SMILES string of the molecule is Fc1ccc(C(=S)N2CCN(Cc3ccccc3)CC2)cc1. The molecule has 4 heteroatoms. The molecule has 0 spiro atoms. The molecular weight excluding hydrogens is 295 g/mol. The van der Waals surface area contributed by atoms with Crippen LogP contribution in [0, 0.1) is 5.82 Å². The standard InChI is InChI=1S/C18H19FN2S/c19-17-8-6-16(7-9-17)18(22)21-12-10-20(11-13-21)14-15-4-2-1-3-5-15/h1-9H,10-14H2. The Bertz CT molecular complexity index is 619. The minimum atomic E-state index is -0.223. The van der Waals surface area contributed by atoms with Gasteiger partial charge in [0, 0.05) is 38.3 Å². The molecule has 0 aliphatic carbocycles. The molecule has 0 radical (unpaired) electrons. The van der Waals surface area contributed by atoms with Crippen LogP contribution in [0.5, 0.6) is 0 Å². The number of hydrogen-bond donors (Lipinski definition) is 0. The predicted octanol–water partition coefficient (Wildman–Crippen LogP) is 3.32. The summed E-state index contributed by atoms with van der Waals surface area (Å²) in [4.78, 5) is 5.47. The van der Waals surface area contributed by atoms with Crippen LogP contribution in [0.3, 0.4) is 0 Å². The van der Waals surface area contributed by atoms with E-state index in [1.165, 1.54) is 17.7 Å². The molecule has 0 atom stereocenters. The number of halogens is 1. The normalized spacial score (nSPS) is 15.8. The van der Waals surface area contributed by atoms with E-state index in [1.807, 2.05) is 6.07 Å². The van der Waals surface area contributed by atoms with Crippen molar-refractivity contribution in [3.63, 3.8) is 0 Å². The number of piperazine rings is 1. The summed E-state index contributed by atoms with van der Waals surface area (Å²) in [7, 11) is 0. The van der Waals surface area contributed by atoms with E-state index in [-0.39, 0.29) is 5.82 Å². The van der Waals surface area contributed by atoms with Crippen molar-refractivity contribution >= 4 is 17.2 Å². The van der Waals surface area contributed by atoms with Crippen LogP contribution in [0.25, 0.3) is 0 Å². The highest BCUT2D eigenvalue weighted by Crippen LogP contribution is 2.13. The van der Waals surface area contributed by atoms with E-state index in [0.29, 0.717) is 0 Å². The highest BCUT2D eigenvalue weighted by Gasteiger charge is 2.19. The first-order valence-corrected chi connectivity index (χ1v) is 7.94. The fraction of sp³-hybridized carbons (Fsp3) is 0.278. The third-order valence-electron chi connectivity index (χ3n) is 4.00. The van der Waals surface area contributed by atoms with Gasteiger partial charge in [-0.3, -0.25) is 4.90 Å². The van der Waals surface area contributed by atoms with Crippen LogP contribution in [0.2, 0.25) is 0 Å². The molecule has 3 rings (SSSR count). The molecule has 1 aliphatic rings. The van der Waals surface area contributed by atoms with Crippen LogP contribution < -0.4 is 0 Å². The van der Waals surface area contributed by atoms with Crippen molar-refractivity contribution in [1.82, 2.24) is 9.80 Å². The van der Waals surface area contributed by atoms with Crippen molar-refractivity contribution in [2.75, 3.05) is 26.2 Å². The van der Waals surface area contributed by atoms with Gasteiger partial charge in [0.2, 0.25) is 0 Å². The average Bonchev–Trinajstić information content (AvgIpc) is 2.57. The molecule has 0 amide bonds. The monoisotopic (exact) mass is 314 g/mol. The van der Waals surface area contributed by atoms with Crippen molar-refractivity contribution in [1.29, 1.82) is 0 Å². The lowest BCUT2D eigenvalue weighted by Crippen LogP contribution is -2.48. The van der Waals surface area contributed by atoms with Gasteiger partial charge >= 0.3 is 0 Å². The molecule has 1 heterocycles. The summed E-state index contributed by atoms with van der Waals surface area (Å²) in [5, 5.41) is 0. The topological polar surface area (TPSA) is 6.48 Å². The Morgan fingerprint density at radius 3 is 2.18 bits per heavy atom. The largest absolute Gasteiger partial charge is 0.360 e. The van der Waals surface area contributed by atoms with E-state index in [0.717, 1.165) is 43.3 Å². The van der Waals surface area contributed by atoms with Gasteiger partial charge < -0.3 is 4.90 Å². The summed E-state index contributed by atoms with van der Waals surface area (Å²) < 4.78 is 13.0. The molecule has 0 bridgehead atoms. The molecule has 114 valence electrons. The van der Waals surface area contributed by atoms with E-state index >= 15 is 0 Å². The second kappa shape index (κ2) is 6.99. The Labute approximate surface area is 136 Å². The Kier molecular flexibility index (Phi) is 4.80. The molecule has 0 aromatic heterocycles. The van der Waals surface area contributed by atoms with E-state index in [4.69, 9.17) is 12.2 Å². The predicted molar refractivity (Wildman–Crippen MR) is 91.4 cm³/mol. The fourth-order valence-electron chi connectivity index (χ4n) is 2.73. The lowest BCUT2D eigenvalue weighted by atomic mass is 10.1. The maximum Gasteiger partial charge on any atom is 0.123 e. The van der Waals surface area contributed by atoms with E-state index in [2.05, 4.69) is 34.1 Å². The highest BCUT2D eigenvalue weighted by molar-refractivity contribution is 7.80. The van der Waals surface area contributed by atoms with E-state index in [9.17, 15) is 4.39 Å². The number of rotatable bonds is 3. The third-order valence-corrected chi connectivity index (χ3v) is 4.49. The summed E-state index contributed by atoms with van der Waals surface area (Å²) in [6, 6.07) is 17.0. The lowest BCUT2D eigenvalue weighted by molar-refractivity contribution is 0.177. The molecule has 0 unspecified atom stereocenters. The van der Waals surface area contributed by atoms with Gasteiger partial charge in [0.1, 0.15) is 10.8 Å². The third kappa shape index (κ3) is 3.70. The summed E-state index contributed by atoms with van der Waals surface area (Å²) in [6.45, 7) is 4.82.